The van der Waals surface area contributed by atoms with E-state index in [1.807, 2.05) is 11.4 Å². The summed E-state index contributed by atoms with van der Waals surface area (Å²) >= 11 is 13.5. The Morgan fingerprint density at radius 1 is 1.24 bits per heavy atom. The van der Waals surface area contributed by atoms with Crippen LogP contribution < -0.4 is 4.90 Å². The third-order valence-corrected chi connectivity index (χ3v) is 6.33. The van der Waals surface area contributed by atoms with Gasteiger partial charge in [-0.25, -0.2) is 4.98 Å². The predicted molar refractivity (Wildman–Crippen MR) is 119 cm³/mol. The molecule has 1 fully saturated rings. The van der Waals surface area contributed by atoms with Gasteiger partial charge in [-0.1, -0.05) is 35.3 Å². The molecule has 154 valence electrons. The maximum absolute atomic E-state index is 12.9. The molecule has 1 aromatic carbocycles. The molecule has 0 bridgehead atoms. The number of aromatic nitrogens is 1. The van der Waals surface area contributed by atoms with Crippen molar-refractivity contribution in [3.63, 3.8) is 0 Å². The Balaban J connectivity index is 1.70. The zero-order valence-electron chi connectivity index (χ0n) is 16.1. The Labute approximate surface area is 184 Å². The van der Waals surface area contributed by atoms with E-state index in [-0.39, 0.29) is 18.4 Å². The summed E-state index contributed by atoms with van der Waals surface area (Å²) in [7, 11) is 0. The van der Waals surface area contributed by atoms with E-state index in [2.05, 4.69) is 16.5 Å². The summed E-state index contributed by atoms with van der Waals surface area (Å²) in [5, 5.41) is 3.45. The molecule has 9 heteroatoms. The molecule has 0 saturated carbocycles. The van der Waals surface area contributed by atoms with E-state index in [9.17, 15) is 9.59 Å². The van der Waals surface area contributed by atoms with Crippen LogP contribution in [0, 0.1) is 0 Å². The molecule has 0 radical (unpaired) electrons. The van der Waals surface area contributed by atoms with Crippen LogP contribution in [0.25, 0.3) is 11.3 Å². The van der Waals surface area contributed by atoms with E-state index in [0.29, 0.717) is 47.9 Å². The van der Waals surface area contributed by atoms with Gasteiger partial charge in [0.05, 0.1) is 22.3 Å². The van der Waals surface area contributed by atoms with Gasteiger partial charge in [0.25, 0.3) is 0 Å². The molecule has 0 unspecified atom stereocenters. The fourth-order valence-electron chi connectivity index (χ4n) is 3.09. The topological polar surface area (TPSA) is 56.8 Å². The van der Waals surface area contributed by atoms with Crippen molar-refractivity contribution in [1.82, 2.24) is 14.8 Å². The Morgan fingerprint density at radius 2 is 1.97 bits per heavy atom. The maximum atomic E-state index is 12.9. The van der Waals surface area contributed by atoms with Gasteiger partial charge in [0.15, 0.2) is 5.13 Å². The number of carbonyl (C=O) groups is 2. The summed E-state index contributed by atoms with van der Waals surface area (Å²) in [5.74, 6) is 0.0260. The third kappa shape index (κ3) is 5.36. The normalized spacial score (nSPS) is 14.7. The summed E-state index contributed by atoms with van der Waals surface area (Å²) in [6.07, 6.45) is 1.69. The van der Waals surface area contributed by atoms with E-state index < -0.39 is 0 Å². The van der Waals surface area contributed by atoms with Gasteiger partial charge in [-0.3, -0.25) is 19.4 Å². The fraction of sp³-hybridized carbons (Fsp3) is 0.350. The van der Waals surface area contributed by atoms with Crippen molar-refractivity contribution in [1.29, 1.82) is 0 Å². The van der Waals surface area contributed by atoms with Crippen LogP contribution in [0.4, 0.5) is 5.13 Å². The fourth-order valence-corrected chi connectivity index (χ4v) is 4.25. The molecule has 2 amide bonds. The van der Waals surface area contributed by atoms with Gasteiger partial charge in [0, 0.05) is 50.6 Å². The second-order valence-electron chi connectivity index (χ2n) is 6.72. The standard InChI is InChI=1S/C20H22Cl2N4O2S/c1-3-6-26(19(28)12-24-7-9-25(10-8-24)14(2)27)20-23-18(13-29-20)15-4-5-16(21)17(22)11-15/h3-5,11,13H,1,6-10,12H2,2H3. The smallest absolute Gasteiger partial charge is 0.243 e. The van der Waals surface area contributed by atoms with Crippen molar-refractivity contribution >= 4 is 51.5 Å². The lowest BCUT2D eigenvalue weighted by Crippen LogP contribution is -2.51. The first-order valence-electron chi connectivity index (χ1n) is 9.19. The highest BCUT2D eigenvalue weighted by Crippen LogP contribution is 2.31. The molecular formula is C20H22Cl2N4O2S. The number of piperazine rings is 1. The molecule has 1 aliphatic heterocycles. The molecule has 0 spiro atoms. The molecular weight excluding hydrogens is 431 g/mol. The van der Waals surface area contributed by atoms with Gasteiger partial charge < -0.3 is 4.90 Å². The first kappa shape index (κ1) is 21.8. The number of carbonyl (C=O) groups excluding carboxylic acids is 2. The summed E-state index contributed by atoms with van der Waals surface area (Å²) < 4.78 is 0. The monoisotopic (exact) mass is 452 g/mol. The van der Waals surface area contributed by atoms with Crippen molar-refractivity contribution < 1.29 is 9.59 Å². The Morgan fingerprint density at radius 3 is 2.59 bits per heavy atom. The molecule has 3 rings (SSSR count). The molecule has 0 N–H and O–H groups in total. The lowest BCUT2D eigenvalue weighted by Gasteiger charge is -2.34. The number of rotatable bonds is 6. The van der Waals surface area contributed by atoms with Gasteiger partial charge in [0.2, 0.25) is 11.8 Å². The average molecular weight is 453 g/mol. The SMILES string of the molecule is C=CCN(C(=O)CN1CCN(C(C)=O)CC1)c1nc(-c2ccc(Cl)c(Cl)c2)cs1. The van der Waals surface area contributed by atoms with Crippen molar-refractivity contribution in [3.8, 4) is 11.3 Å². The van der Waals surface area contributed by atoms with Crippen LogP contribution in [-0.4, -0.2) is 65.9 Å². The lowest BCUT2D eigenvalue weighted by atomic mass is 10.2. The van der Waals surface area contributed by atoms with Gasteiger partial charge in [-0.05, 0) is 12.1 Å². The first-order chi connectivity index (χ1) is 13.9. The maximum Gasteiger partial charge on any atom is 0.243 e. The van der Waals surface area contributed by atoms with Gasteiger partial charge >= 0.3 is 0 Å². The average Bonchev–Trinajstić information content (AvgIpc) is 3.18. The largest absolute Gasteiger partial charge is 0.340 e. The number of amides is 2. The second kappa shape index (κ2) is 9.71. The van der Waals surface area contributed by atoms with E-state index in [0.717, 1.165) is 11.3 Å². The molecule has 0 aliphatic carbocycles. The zero-order valence-corrected chi connectivity index (χ0v) is 18.4. The number of hydrogen-bond donors (Lipinski definition) is 0. The number of thiazole rings is 1. The van der Waals surface area contributed by atoms with Crippen LogP contribution in [-0.2, 0) is 9.59 Å². The quantitative estimate of drug-likeness (QED) is 0.625. The Bertz CT molecular complexity index is 910. The predicted octanol–water partition coefficient (Wildman–Crippen LogP) is 3.80. The summed E-state index contributed by atoms with van der Waals surface area (Å²) in [6.45, 7) is 8.63. The molecule has 6 nitrogen and oxygen atoms in total. The molecule has 1 aromatic heterocycles. The van der Waals surface area contributed by atoms with Crippen molar-refractivity contribution in [2.24, 2.45) is 0 Å². The summed E-state index contributed by atoms with van der Waals surface area (Å²) in [4.78, 5) is 34.5. The van der Waals surface area contributed by atoms with Crippen LogP contribution in [0.2, 0.25) is 10.0 Å². The Hall–Kier alpha value is -1.93. The molecule has 1 aliphatic rings. The lowest BCUT2D eigenvalue weighted by molar-refractivity contribution is -0.130. The molecule has 29 heavy (non-hydrogen) atoms. The molecule has 2 aromatic rings. The number of halogens is 2. The first-order valence-corrected chi connectivity index (χ1v) is 10.8. The van der Waals surface area contributed by atoms with Crippen LogP contribution in [0.3, 0.4) is 0 Å². The van der Waals surface area contributed by atoms with Crippen LogP contribution >= 0.6 is 34.5 Å². The molecule has 1 saturated heterocycles. The van der Waals surface area contributed by atoms with Gasteiger partial charge in [-0.2, -0.15) is 0 Å². The third-order valence-electron chi connectivity index (χ3n) is 4.73. The summed E-state index contributed by atoms with van der Waals surface area (Å²) in [6, 6.07) is 5.34. The highest BCUT2D eigenvalue weighted by molar-refractivity contribution is 7.14. The Kier molecular flexibility index (Phi) is 7.29. The minimum absolute atomic E-state index is 0.0452. The van der Waals surface area contributed by atoms with Crippen molar-refractivity contribution in [2.75, 3.05) is 44.2 Å². The highest BCUT2D eigenvalue weighted by atomic mass is 35.5. The highest BCUT2D eigenvalue weighted by Gasteiger charge is 2.24. The van der Waals surface area contributed by atoms with E-state index >= 15 is 0 Å². The number of nitrogens with zero attached hydrogens (tertiary/aromatic N) is 4. The number of anilines is 1. The van der Waals surface area contributed by atoms with E-state index in [1.165, 1.54) is 11.3 Å². The summed E-state index contributed by atoms with van der Waals surface area (Å²) in [5.41, 5.74) is 1.58. The van der Waals surface area contributed by atoms with Gasteiger partial charge in [-0.15, -0.1) is 17.9 Å². The van der Waals surface area contributed by atoms with E-state index in [4.69, 9.17) is 23.2 Å². The van der Waals surface area contributed by atoms with E-state index in [1.54, 1.807) is 34.9 Å². The minimum Gasteiger partial charge on any atom is -0.340 e. The zero-order chi connectivity index (χ0) is 21.0. The van der Waals surface area contributed by atoms with Crippen molar-refractivity contribution in [2.45, 2.75) is 6.92 Å². The molecule has 2 heterocycles. The molecule has 0 atom stereocenters. The van der Waals surface area contributed by atoms with Crippen LogP contribution in [0.1, 0.15) is 6.92 Å². The number of benzene rings is 1. The second-order valence-corrected chi connectivity index (χ2v) is 8.37. The number of hydrogen-bond acceptors (Lipinski definition) is 5. The van der Waals surface area contributed by atoms with Gasteiger partial charge in [0.1, 0.15) is 0 Å². The minimum atomic E-state index is -0.0452. The van der Waals surface area contributed by atoms with Crippen LogP contribution in [0.5, 0.6) is 0 Å². The van der Waals surface area contributed by atoms with Crippen molar-refractivity contribution in [3.05, 3.63) is 46.3 Å². The van der Waals surface area contributed by atoms with Crippen LogP contribution in [0.15, 0.2) is 36.2 Å².